The lowest BCUT2D eigenvalue weighted by atomic mass is 9.95. The first kappa shape index (κ1) is 18.0. The van der Waals surface area contributed by atoms with Crippen LogP contribution in [0.5, 0.6) is 0 Å². The van der Waals surface area contributed by atoms with E-state index in [4.69, 9.17) is 15.4 Å². The maximum atomic E-state index is 12.2. The van der Waals surface area contributed by atoms with Gasteiger partial charge in [-0.3, -0.25) is 0 Å². The summed E-state index contributed by atoms with van der Waals surface area (Å²) in [6.45, 7) is 0. The molecule has 2 aromatic rings. The normalized spacial score (nSPS) is 11.0. The summed E-state index contributed by atoms with van der Waals surface area (Å²) in [5.74, 6) is -1.51. The quantitative estimate of drug-likeness (QED) is 0.609. The first-order valence-electron chi connectivity index (χ1n) is 6.65. The van der Waals surface area contributed by atoms with E-state index in [2.05, 4.69) is 4.74 Å². The molecule has 0 radical (unpaired) electrons. The molecule has 0 fully saturated rings. The Morgan fingerprint density at radius 2 is 1.46 bits per heavy atom. The monoisotopic (exact) mass is 368 g/mol. The Bertz CT molecular complexity index is 905. The molecule has 0 heterocycles. The van der Waals surface area contributed by atoms with Crippen molar-refractivity contribution in [2.45, 2.75) is 4.90 Å². The minimum atomic E-state index is -4.20. The van der Waals surface area contributed by atoms with Crippen LogP contribution in [0.1, 0.15) is 20.7 Å². The molecule has 0 atom stereocenters. The van der Waals surface area contributed by atoms with Crippen LogP contribution in [-0.2, 0) is 18.5 Å². The van der Waals surface area contributed by atoms with Gasteiger partial charge in [-0.25, -0.2) is 18.0 Å². The van der Waals surface area contributed by atoms with Gasteiger partial charge in [0.05, 0.1) is 30.2 Å². The van der Waals surface area contributed by atoms with Gasteiger partial charge in [-0.1, -0.05) is 30.3 Å². The fraction of sp³-hybridized carbons (Fsp3) is 0.125. The summed E-state index contributed by atoms with van der Waals surface area (Å²) in [6, 6.07) is 10.5. The van der Waals surface area contributed by atoms with Crippen molar-refractivity contribution in [2.75, 3.05) is 14.2 Å². The van der Waals surface area contributed by atoms with Crippen LogP contribution in [-0.4, -0.2) is 34.6 Å². The van der Waals surface area contributed by atoms with Gasteiger partial charge in [-0.05, 0) is 23.3 Å². The Labute approximate surface area is 143 Å². The van der Waals surface area contributed by atoms with E-state index in [-0.39, 0.29) is 16.7 Å². The predicted molar refractivity (Wildman–Crippen MR) is 87.6 cm³/mol. The van der Waals surface area contributed by atoms with Gasteiger partial charge in [0.1, 0.15) is 0 Å². The Morgan fingerprint density at radius 1 is 0.875 bits per heavy atom. The molecule has 0 saturated carbocycles. The number of hydrogen-bond acceptors (Lipinski definition) is 6. The molecular formula is C16H13ClO6S. The van der Waals surface area contributed by atoms with Gasteiger partial charge < -0.3 is 9.47 Å². The van der Waals surface area contributed by atoms with E-state index in [1.165, 1.54) is 31.4 Å². The SMILES string of the molecule is COC(=O)c1ccccc1-c1cccc(S(=O)(=O)Cl)c1C(=O)OC. The second kappa shape index (κ2) is 7.02. The smallest absolute Gasteiger partial charge is 0.339 e. The average Bonchev–Trinajstić information content (AvgIpc) is 2.58. The van der Waals surface area contributed by atoms with Crippen LogP contribution in [0.3, 0.4) is 0 Å². The van der Waals surface area contributed by atoms with Crippen molar-refractivity contribution in [2.24, 2.45) is 0 Å². The number of hydrogen-bond donors (Lipinski definition) is 0. The van der Waals surface area contributed by atoms with Gasteiger partial charge in [0.25, 0.3) is 9.05 Å². The molecule has 2 aromatic carbocycles. The third-order valence-electron chi connectivity index (χ3n) is 3.30. The van der Waals surface area contributed by atoms with Crippen LogP contribution in [0.25, 0.3) is 11.1 Å². The molecule has 0 aliphatic rings. The van der Waals surface area contributed by atoms with Gasteiger partial charge in [0.15, 0.2) is 0 Å². The number of ether oxygens (including phenoxy) is 2. The van der Waals surface area contributed by atoms with E-state index in [0.29, 0.717) is 5.56 Å². The molecule has 24 heavy (non-hydrogen) atoms. The third kappa shape index (κ3) is 3.42. The topological polar surface area (TPSA) is 86.7 Å². The van der Waals surface area contributed by atoms with Crippen LogP contribution >= 0.6 is 10.7 Å². The molecule has 6 nitrogen and oxygen atoms in total. The molecule has 0 saturated heterocycles. The summed E-state index contributed by atoms with van der Waals surface area (Å²) in [5, 5.41) is 0. The molecule has 8 heteroatoms. The van der Waals surface area contributed by atoms with E-state index in [1.807, 2.05) is 0 Å². The second-order valence-corrected chi connectivity index (χ2v) is 7.18. The Morgan fingerprint density at radius 3 is 2.04 bits per heavy atom. The molecule has 0 aliphatic carbocycles. The second-order valence-electron chi connectivity index (χ2n) is 4.65. The summed E-state index contributed by atoms with van der Waals surface area (Å²) in [7, 11) is 3.57. The highest BCUT2D eigenvalue weighted by Crippen LogP contribution is 2.33. The third-order valence-corrected chi connectivity index (χ3v) is 4.67. The lowest BCUT2D eigenvalue weighted by Crippen LogP contribution is -2.11. The zero-order valence-corrected chi connectivity index (χ0v) is 14.3. The minimum absolute atomic E-state index is 0.175. The predicted octanol–water partition coefficient (Wildman–Crippen LogP) is 2.85. The fourth-order valence-corrected chi connectivity index (χ4v) is 3.34. The maximum absolute atomic E-state index is 12.2. The van der Waals surface area contributed by atoms with E-state index in [1.54, 1.807) is 18.2 Å². The molecule has 0 aliphatic heterocycles. The molecule has 0 amide bonds. The van der Waals surface area contributed by atoms with E-state index < -0.39 is 25.9 Å². The van der Waals surface area contributed by atoms with Crippen molar-refractivity contribution in [3.8, 4) is 11.1 Å². The minimum Gasteiger partial charge on any atom is -0.465 e. The highest BCUT2D eigenvalue weighted by atomic mass is 35.7. The summed E-state index contributed by atoms with van der Waals surface area (Å²) in [5.41, 5.74) is 0.456. The molecule has 126 valence electrons. The lowest BCUT2D eigenvalue weighted by Gasteiger charge is -2.14. The van der Waals surface area contributed by atoms with Crippen molar-refractivity contribution in [3.63, 3.8) is 0 Å². The van der Waals surface area contributed by atoms with E-state index in [0.717, 1.165) is 7.11 Å². The number of methoxy groups -OCH3 is 2. The zero-order chi connectivity index (χ0) is 17.9. The van der Waals surface area contributed by atoms with Crippen molar-refractivity contribution in [1.29, 1.82) is 0 Å². The van der Waals surface area contributed by atoms with Crippen LogP contribution in [0.2, 0.25) is 0 Å². The molecule has 2 rings (SSSR count). The van der Waals surface area contributed by atoms with E-state index in [9.17, 15) is 18.0 Å². The lowest BCUT2D eigenvalue weighted by molar-refractivity contribution is 0.0587. The van der Waals surface area contributed by atoms with E-state index >= 15 is 0 Å². The fourth-order valence-electron chi connectivity index (χ4n) is 2.28. The van der Waals surface area contributed by atoms with Crippen LogP contribution in [0.4, 0.5) is 0 Å². The standard InChI is InChI=1S/C16H13ClO6S/c1-22-15(18)12-7-4-3-6-10(12)11-8-5-9-13(24(17,20)21)14(11)16(19)23-2/h3-9H,1-2H3. The number of esters is 2. The number of benzene rings is 2. The van der Waals surface area contributed by atoms with Crippen LogP contribution in [0, 0.1) is 0 Å². The van der Waals surface area contributed by atoms with Crippen LogP contribution < -0.4 is 0 Å². The summed E-state index contributed by atoms with van der Waals surface area (Å²) >= 11 is 0. The molecule has 0 bridgehead atoms. The van der Waals surface area contributed by atoms with Crippen molar-refractivity contribution in [3.05, 3.63) is 53.6 Å². The Balaban J connectivity index is 2.87. The van der Waals surface area contributed by atoms with Crippen LogP contribution in [0.15, 0.2) is 47.4 Å². The zero-order valence-electron chi connectivity index (χ0n) is 12.8. The summed E-state index contributed by atoms with van der Waals surface area (Å²) in [4.78, 5) is 23.7. The first-order chi connectivity index (χ1) is 11.3. The van der Waals surface area contributed by atoms with Gasteiger partial charge in [-0.2, -0.15) is 0 Å². The molecule has 0 spiro atoms. The molecule has 0 aromatic heterocycles. The Kier molecular flexibility index (Phi) is 5.26. The highest BCUT2D eigenvalue weighted by molar-refractivity contribution is 8.13. The van der Waals surface area contributed by atoms with Crippen molar-refractivity contribution in [1.82, 2.24) is 0 Å². The molecule has 0 unspecified atom stereocenters. The Hall–Kier alpha value is -2.38. The van der Waals surface area contributed by atoms with Gasteiger partial charge in [0.2, 0.25) is 0 Å². The van der Waals surface area contributed by atoms with Gasteiger partial charge in [0, 0.05) is 10.7 Å². The van der Waals surface area contributed by atoms with Gasteiger partial charge in [-0.15, -0.1) is 0 Å². The number of halogens is 1. The largest absolute Gasteiger partial charge is 0.465 e. The van der Waals surface area contributed by atoms with Crippen molar-refractivity contribution >= 4 is 31.7 Å². The average molecular weight is 369 g/mol. The molecular weight excluding hydrogens is 356 g/mol. The highest BCUT2D eigenvalue weighted by Gasteiger charge is 2.26. The van der Waals surface area contributed by atoms with Crippen molar-refractivity contribution < 1.29 is 27.5 Å². The molecule has 0 N–H and O–H groups in total. The van der Waals surface area contributed by atoms with Gasteiger partial charge >= 0.3 is 11.9 Å². The number of carbonyl (C=O) groups is 2. The summed E-state index contributed by atoms with van der Waals surface area (Å²) in [6.07, 6.45) is 0. The first-order valence-corrected chi connectivity index (χ1v) is 8.96. The summed E-state index contributed by atoms with van der Waals surface area (Å²) < 4.78 is 33.0. The number of carbonyl (C=O) groups excluding carboxylic acids is 2. The maximum Gasteiger partial charge on any atom is 0.339 e. The number of rotatable bonds is 4.